The van der Waals surface area contributed by atoms with Gasteiger partial charge in [-0.2, -0.15) is 0 Å². The summed E-state index contributed by atoms with van der Waals surface area (Å²) in [5.41, 5.74) is 1.11. The number of hydrogen-bond acceptors (Lipinski definition) is 4. The molecule has 0 bridgehead atoms. The van der Waals surface area contributed by atoms with Crippen LogP contribution in [-0.4, -0.2) is 23.2 Å². The van der Waals surface area contributed by atoms with Crippen LogP contribution in [0.4, 0.5) is 0 Å². The Balaban J connectivity index is 2.92. The van der Waals surface area contributed by atoms with Gasteiger partial charge >= 0.3 is 0 Å². The number of hydrogen-bond donors (Lipinski definition) is 0. The summed E-state index contributed by atoms with van der Waals surface area (Å²) in [7, 11) is -3.56. The Morgan fingerprint density at radius 3 is 2.04 bits per heavy atom. The fourth-order valence-electron chi connectivity index (χ4n) is 1.90. The summed E-state index contributed by atoms with van der Waals surface area (Å²) in [5, 5.41) is 0. The molecule has 0 spiro atoms. The minimum atomic E-state index is -1.79. The highest BCUT2D eigenvalue weighted by atomic mass is 28.4. The lowest BCUT2D eigenvalue weighted by atomic mass is 10.2. The molecule has 4 nitrogen and oxygen atoms in total. The summed E-state index contributed by atoms with van der Waals surface area (Å²) in [4.78, 5) is 0. The molecule has 0 N–H and O–H groups in total. The molecule has 0 aromatic heterocycles. The van der Waals surface area contributed by atoms with Gasteiger partial charge in [-0.05, 0) is 51.8 Å². The van der Waals surface area contributed by atoms with Crippen LogP contribution in [0.25, 0.3) is 0 Å². The summed E-state index contributed by atoms with van der Waals surface area (Å²) in [6.45, 7) is 15.7. The minimum Gasteiger partial charge on any atom is -0.542 e. The second-order valence-electron chi connectivity index (χ2n) is 7.64. The molecule has 6 heteroatoms. The van der Waals surface area contributed by atoms with Crippen molar-refractivity contribution in [2.24, 2.45) is 0 Å². The molecule has 0 saturated carbocycles. The second kappa shape index (κ2) is 9.72. The van der Waals surface area contributed by atoms with Gasteiger partial charge in [0, 0.05) is 0 Å². The SMILES string of the molecule is CCO/C(=C\C(=C\OCc1ccccc1)O[Si](C)(C)C)O[Si](C)(C)C. The van der Waals surface area contributed by atoms with Crippen molar-refractivity contribution < 1.29 is 18.3 Å². The van der Waals surface area contributed by atoms with E-state index in [9.17, 15) is 0 Å². The highest BCUT2D eigenvalue weighted by Crippen LogP contribution is 2.18. The van der Waals surface area contributed by atoms with Crippen LogP contribution in [0.5, 0.6) is 0 Å². The zero-order chi connectivity index (χ0) is 18.9. The van der Waals surface area contributed by atoms with E-state index in [2.05, 4.69) is 39.3 Å². The van der Waals surface area contributed by atoms with E-state index in [1.54, 1.807) is 12.3 Å². The summed E-state index contributed by atoms with van der Waals surface area (Å²) >= 11 is 0. The Kier molecular flexibility index (Phi) is 8.31. The predicted molar refractivity (Wildman–Crippen MR) is 108 cm³/mol. The lowest BCUT2D eigenvalue weighted by Gasteiger charge is -2.23. The molecule has 0 atom stereocenters. The van der Waals surface area contributed by atoms with Crippen LogP contribution >= 0.6 is 0 Å². The maximum absolute atomic E-state index is 6.12. The average molecular weight is 381 g/mol. The van der Waals surface area contributed by atoms with Crippen molar-refractivity contribution >= 4 is 16.6 Å². The van der Waals surface area contributed by atoms with Gasteiger partial charge in [0.15, 0.2) is 0 Å². The monoisotopic (exact) mass is 380 g/mol. The van der Waals surface area contributed by atoms with E-state index in [-0.39, 0.29) is 0 Å². The fraction of sp³-hybridized carbons (Fsp3) is 0.474. The second-order valence-corrected chi connectivity index (χ2v) is 16.5. The van der Waals surface area contributed by atoms with Gasteiger partial charge in [0.25, 0.3) is 5.95 Å². The first kappa shape index (κ1) is 21.4. The summed E-state index contributed by atoms with van der Waals surface area (Å²) < 4.78 is 23.5. The minimum absolute atomic E-state index is 0.492. The molecular formula is C19H32O4Si2. The molecule has 0 unspecified atom stereocenters. The Labute approximate surface area is 154 Å². The van der Waals surface area contributed by atoms with Gasteiger partial charge in [-0.1, -0.05) is 30.3 Å². The van der Waals surface area contributed by atoms with Crippen LogP contribution in [0.3, 0.4) is 0 Å². The van der Waals surface area contributed by atoms with E-state index in [0.717, 1.165) is 5.56 Å². The number of benzene rings is 1. The fourth-order valence-corrected chi connectivity index (χ4v) is 3.43. The smallest absolute Gasteiger partial charge is 0.269 e. The third kappa shape index (κ3) is 10.7. The molecule has 0 aliphatic heterocycles. The quantitative estimate of drug-likeness (QED) is 0.300. The van der Waals surface area contributed by atoms with Crippen LogP contribution in [0, 0.1) is 0 Å². The van der Waals surface area contributed by atoms with Crippen LogP contribution < -0.4 is 0 Å². The zero-order valence-corrected chi connectivity index (χ0v) is 18.6. The highest BCUT2D eigenvalue weighted by molar-refractivity contribution is 6.70. The van der Waals surface area contributed by atoms with Crippen molar-refractivity contribution in [3.8, 4) is 0 Å². The van der Waals surface area contributed by atoms with Gasteiger partial charge in [-0.3, -0.25) is 0 Å². The molecule has 25 heavy (non-hydrogen) atoms. The highest BCUT2D eigenvalue weighted by Gasteiger charge is 2.21. The molecule has 0 aliphatic rings. The first-order valence-corrected chi connectivity index (χ1v) is 15.5. The van der Waals surface area contributed by atoms with E-state index in [4.69, 9.17) is 18.3 Å². The summed E-state index contributed by atoms with van der Waals surface area (Å²) in [6.07, 6.45) is 3.45. The van der Waals surface area contributed by atoms with E-state index < -0.39 is 16.6 Å². The van der Waals surface area contributed by atoms with E-state index in [0.29, 0.717) is 24.9 Å². The average Bonchev–Trinajstić information content (AvgIpc) is 2.45. The van der Waals surface area contributed by atoms with Crippen LogP contribution in [-0.2, 0) is 24.9 Å². The van der Waals surface area contributed by atoms with Crippen LogP contribution in [0.15, 0.2) is 54.4 Å². The first-order chi connectivity index (χ1) is 11.6. The zero-order valence-electron chi connectivity index (χ0n) is 16.6. The number of ether oxygens (including phenoxy) is 2. The molecule has 0 saturated heterocycles. The van der Waals surface area contributed by atoms with Gasteiger partial charge in [0.1, 0.15) is 18.6 Å². The largest absolute Gasteiger partial charge is 0.542 e. The maximum Gasteiger partial charge on any atom is 0.269 e. The van der Waals surface area contributed by atoms with E-state index in [1.165, 1.54) is 0 Å². The maximum atomic E-state index is 6.12. The topological polar surface area (TPSA) is 36.9 Å². The normalized spacial score (nSPS) is 13.4. The van der Waals surface area contributed by atoms with Crippen molar-refractivity contribution in [2.75, 3.05) is 6.61 Å². The van der Waals surface area contributed by atoms with E-state index >= 15 is 0 Å². The van der Waals surface area contributed by atoms with Gasteiger partial charge in [-0.15, -0.1) is 0 Å². The molecule has 0 fully saturated rings. The van der Waals surface area contributed by atoms with Gasteiger partial charge < -0.3 is 18.3 Å². The third-order valence-electron chi connectivity index (χ3n) is 2.67. The molecule has 1 aromatic carbocycles. The molecule has 0 radical (unpaired) electrons. The van der Waals surface area contributed by atoms with Crippen LogP contribution in [0.2, 0.25) is 39.3 Å². The summed E-state index contributed by atoms with van der Waals surface area (Å²) in [5.74, 6) is 1.13. The molecular weight excluding hydrogens is 348 g/mol. The predicted octanol–water partition coefficient (Wildman–Crippen LogP) is 5.63. The first-order valence-electron chi connectivity index (χ1n) is 8.67. The molecule has 140 valence electrons. The number of allylic oxidation sites excluding steroid dienone is 1. The Morgan fingerprint density at radius 1 is 0.920 bits per heavy atom. The van der Waals surface area contributed by atoms with Gasteiger partial charge in [0.05, 0.1) is 12.7 Å². The Hall–Kier alpha value is -1.67. The Bertz CT molecular complexity index is 569. The van der Waals surface area contributed by atoms with Crippen LogP contribution in [0.1, 0.15) is 12.5 Å². The van der Waals surface area contributed by atoms with Crippen molar-refractivity contribution in [1.29, 1.82) is 0 Å². The van der Waals surface area contributed by atoms with Gasteiger partial charge in [0.2, 0.25) is 16.6 Å². The van der Waals surface area contributed by atoms with Crippen molar-refractivity contribution in [2.45, 2.75) is 52.8 Å². The van der Waals surface area contributed by atoms with Crippen molar-refractivity contribution in [1.82, 2.24) is 0 Å². The van der Waals surface area contributed by atoms with E-state index in [1.807, 2.05) is 37.3 Å². The molecule has 0 heterocycles. The molecule has 1 rings (SSSR count). The standard InChI is InChI=1S/C19H32O4Si2/c1-8-21-19(23-25(5,6)7)14-18(22-24(2,3)4)16-20-15-17-12-10-9-11-13-17/h9-14,16H,8,15H2,1-7H3/b18-16-,19-14+. The summed E-state index contributed by atoms with van der Waals surface area (Å²) in [6, 6.07) is 10.0. The lowest BCUT2D eigenvalue weighted by molar-refractivity contribution is 0.110. The Morgan fingerprint density at radius 2 is 1.52 bits per heavy atom. The lowest BCUT2D eigenvalue weighted by Crippen LogP contribution is -2.27. The molecule has 1 aromatic rings. The van der Waals surface area contributed by atoms with Crippen molar-refractivity contribution in [3.05, 3.63) is 59.9 Å². The van der Waals surface area contributed by atoms with Crippen molar-refractivity contribution in [3.63, 3.8) is 0 Å². The number of rotatable bonds is 10. The molecule has 0 amide bonds. The molecule has 0 aliphatic carbocycles. The third-order valence-corrected chi connectivity index (χ3v) is 4.33. The van der Waals surface area contributed by atoms with Gasteiger partial charge in [-0.25, -0.2) is 0 Å².